The summed E-state index contributed by atoms with van der Waals surface area (Å²) in [5, 5.41) is 10.3. The van der Waals surface area contributed by atoms with Crippen LogP contribution in [0.5, 0.6) is 0 Å². The van der Waals surface area contributed by atoms with Gasteiger partial charge < -0.3 is 9.84 Å². The number of rotatable bonds is 5. The molecule has 0 aliphatic rings. The fraction of sp³-hybridized carbons (Fsp3) is 0.438. The molecule has 108 valence electrons. The Hall–Kier alpha value is -1.39. The predicted molar refractivity (Wildman–Crippen MR) is 82.5 cm³/mol. The Kier molecular flexibility index (Phi) is 4.45. The molecule has 0 aliphatic heterocycles. The van der Waals surface area contributed by atoms with Gasteiger partial charge in [-0.25, -0.2) is 4.79 Å². The summed E-state index contributed by atoms with van der Waals surface area (Å²) >= 11 is 1.32. The molecular formula is C16H20O3S. The number of carboxylic acids is 1. The number of thiophene rings is 1. The van der Waals surface area contributed by atoms with Crippen LogP contribution in [0.15, 0.2) is 24.3 Å². The van der Waals surface area contributed by atoms with Crippen LogP contribution in [0.3, 0.4) is 0 Å². The number of benzene rings is 1. The quantitative estimate of drug-likeness (QED) is 0.822. The maximum Gasteiger partial charge on any atom is 0.346 e. The van der Waals surface area contributed by atoms with Crippen molar-refractivity contribution in [2.24, 2.45) is 5.41 Å². The topological polar surface area (TPSA) is 46.5 Å². The van der Waals surface area contributed by atoms with Crippen LogP contribution in [0.1, 0.15) is 42.4 Å². The van der Waals surface area contributed by atoms with Gasteiger partial charge in [0.25, 0.3) is 0 Å². The Morgan fingerprint density at radius 2 is 2.00 bits per heavy atom. The Morgan fingerprint density at radius 3 is 2.65 bits per heavy atom. The van der Waals surface area contributed by atoms with Gasteiger partial charge in [-0.2, -0.15) is 0 Å². The van der Waals surface area contributed by atoms with Crippen LogP contribution in [-0.4, -0.2) is 17.7 Å². The van der Waals surface area contributed by atoms with E-state index in [1.165, 1.54) is 11.3 Å². The number of carbonyl (C=O) groups is 1. The molecule has 0 bridgehead atoms. The second-order valence-corrected chi connectivity index (χ2v) is 7.13. The number of hydrogen-bond acceptors (Lipinski definition) is 3. The Balaban J connectivity index is 2.15. The van der Waals surface area contributed by atoms with Crippen LogP contribution in [0.25, 0.3) is 10.1 Å². The predicted octanol–water partition coefficient (Wildman–Crippen LogP) is 4.55. The van der Waals surface area contributed by atoms with E-state index in [-0.39, 0.29) is 5.41 Å². The maximum absolute atomic E-state index is 11.3. The zero-order chi connectivity index (χ0) is 14.8. The van der Waals surface area contributed by atoms with E-state index in [0.29, 0.717) is 18.1 Å². The van der Waals surface area contributed by atoms with Crippen molar-refractivity contribution in [3.8, 4) is 0 Å². The first-order valence-electron chi connectivity index (χ1n) is 6.70. The van der Waals surface area contributed by atoms with E-state index in [0.717, 1.165) is 22.1 Å². The standard InChI is InChI=1S/C16H20O3S/c1-16(2,3)8-9-19-10-12-11-6-4-5-7-13(11)20-14(12)15(17)18/h4-7H,8-10H2,1-3H3,(H,17,18). The van der Waals surface area contributed by atoms with Crippen molar-refractivity contribution >= 4 is 27.4 Å². The SMILES string of the molecule is CC(C)(C)CCOCc1c(C(=O)O)sc2ccccc12. The molecule has 0 saturated heterocycles. The first kappa shape index (κ1) is 15.0. The molecule has 0 radical (unpaired) electrons. The molecule has 3 nitrogen and oxygen atoms in total. The summed E-state index contributed by atoms with van der Waals surface area (Å²) in [6, 6.07) is 7.76. The lowest BCUT2D eigenvalue weighted by Crippen LogP contribution is -2.10. The van der Waals surface area contributed by atoms with Crippen molar-refractivity contribution in [3.05, 3.63) is 34.7 Å². The van der Waals surface area contributed by atoms with Crippen molar-refractivity contribution in [1.29, 1.82) is 0 Å². The van der Waals surface area contributed by atoms with Crippen molar-refractivity contribution < 1.29 is 14.6 Å². The number of ether oxygens (including phenoxy) is 1. The Bertz CT molecular complexity index is 608. The molecule has 1 aromatic carbocycles. The summed E-state index contributed by atoms with van der Waals surface area (Å²) in [5.74, 6) is -0.874. The molecule has 0 spiro atoms. The first-order chi connectivity index (χ1) is 9.38. The third kappa shape index (κ3) is 3.58. The molecule has 0 amide bonds. The monoisotopic (exact) mass is 292 g/mol. The van der Waals surface area contributed by atoms with E-state index >= 15 is 0 Å². The molecule has 20 heavy (non-hydrogen) atoms. The lowest BCUT2D eigenvalue weighted by Gasteiger charge is -2.17. The van der Waals surface area contributed by atoms with E-state index < -0.39 is 5.97 Å². The van der Waals surface area contributed by atoms with Gasteiger partial charge in [0.2, 0.25) is 0 Å². The van der Waals surface area contributed by atoms with Crippen LogP contribution < -0.4 is 0 Å². The summed E-state index contributed by atoms with van der Waals surface area (Å²) in [4.78, 5) is 11.7. The van der Waals surface area contributed by atoms with Gasteiger partial charge in [0.05, 0.1) is 6.61 Å². The van der Waals surface area contributed by atoms with Gasteiger partial charge in [0.15, 0.2) is 0 Å². The first-order valence-corrected chi connectivity index (χ1v) is 7.51. The van der Waals surface area contributed by atoms with Gasteiger partial charge in [-0.1, -0.05) is 39.0 Å². The highest BCUT2D eigenvalue weighted by Gasteiger charge is 2.18. The Labute approximate surface area is 123 Å². The highest BCUT2D eigenvalue weighted by atomic mass is 32.1. The average molecular weight is 292 g/mol. The van der Waals surface area contributed by atoms with Gasteiger partial charge in [0.1, 0.15) is 4.88 Å². The molecule has 1 aromatic heterocycles. The third-order valence-corrected chi connectivity index (χ3v) is 4.34. The van der Waals surface area contributed by atoms with Crippen LogP contribution in [0.4, 0.5) is 0 Å². The zero-order valence-corrected chi connectivity index (χ0v) is 12.9. The summed E-state index contributed by atoms with van der Waals surface area (Å²) in [5.41, 5.74) is 1.03. The second-order valence-electron chi connectivity index (χ2n) is 6.07. The van der Waals surface area contributed by atoms with Gasteiger partial charge in [-0.3, -0.25) is 0 Å². The van der Waals surface area contributed by atoms with Crippen molar-refractivity contribution in [2.45, 2.75) is 33.8 Å². The molecule has 0 aliphatic carbocycles. The van der Waals surface area contributed by atoms with E-state index in [2.05, 4.69) is 20.8 Å². The number of aromatic carboxylic acids is 1. The molecule has 0 atom stereocenters. The summed E-state index contributed by atoms with van der Waals surface area (Å²) in [6.45, 7) is 7.51. The number of hydrogen-bond donors (Lipinski definition) is 1. The van der Waals surface area contributed by atoms with Crippen molar-refractivity contribution in [1.82, 2.24) is 0 Å². The van der Waals surface area contributed by atoms with Gasteiger partial charge in [0, 0.05) is 16.9 Å². The van der Waals surface area contributed by atoms with Crippen LogP contribution >= 0.6 is 11.3 Å². The average Bonchev–Trinajstić information content (AvgIpc) is 2.72. The molecule has 1 heterocycles. The number of fused-ring (bicyclic) bond motifs is 1. The molecule has 1 N–H and O–H groups in total. The minimum atomic E-state index is -0.874. The molecule has 0 fully saturated rings. The lowest BCUT2D eigenvalue weighted by atomic mass is 9.93. The van der Waals surface area contributed by atoms with Crippen molar-refractivity contribution in [2.75, 3.05) is 6.61 Å². The minimum Gasteiger partial charge on any atom is -0.477 e. The summed E-state index contributed by atoms with van der Waals surface area (Å²) in [7, 11) is 0. The smallest absolute Gasteiger partial charge is 0.346 e. The lowest BCUT2D eigenvalue weighted by molar-refractivity contribution is 0.0688. The normalized spacial score (nSPS) is 11.9. The molecular weight excluding hydrogens is 272 g/mol. The van der Waals surface area contributed by atoms with Gasteiger partial charge in [-0.15, -0.1) is 11.3 Å². The van der Waals surface area contributed by atoms with E-state index in [1.54, 1.807) is 0 Å². The van der Waals surface area contributed by atoms with E-state index in [9.17, 15) is 9.90 Å². The molecule has 4 heteroatoms. The maximum atomic E-state index is 11.3. The third-order valence-electron chi connectivity index (χ3n) is 3.14. The minimum absolute atomic E-state index is 0.229. The second kappa shape index (κ2) is 5.94. The van der Waals surface area contributed by atoms with E-state index in [1.807, 2.05) is 24.3 Å². The highest BCUT2D eigenvalue weighted by Crippen LogP contribution is 2.32. The fourth-order valence-electron chi connectivity index (χ4n) is 1.97. The zero-order valence-electron chi connectivity index (χ0n) is 12.1. The van der Waals surface area contributed by atoms with Crippen LogP contribution in [0, 0.1) is 5.41 Å². The van der Waals surface area contributed by atoms with Crippen LogP contribution in [-0.2, 0) is 11.3 Å². The fourth-order valence-corrected chi connectivity index (χ4v) is 3.01. The largest absolute Gasteiger partial charge is 0.477 e. The van der Waals surface area contributed by atoms with E-state index in [4.69, 9.17) is 4.74 Å². The van der Waals surface area contributed by atoms with Gasteiger partial charge in [-0.05, 0) is 23.3 Å². The highest BCUT2D eigenvalue weighted by molar-refractivity contribution is 7.21. The molecule has 2 aromatic rings. The molecule has 0 unspecified atom stereocenters. The molecule has 2 rings (SSSR count). The van der Waals surface area contributed by atoms with Gasteiger partial charge >= 0.3 is 5.97 Å². The van der Waals surface area contributed by atoms with Crippen LogP contribution in [0.2, 0.25) is 0 Å². The molecule has 0 saturated carbocycles. The number of carboxylic acid groups (broad SMARTS) is 1. The summed E-state index contributed by atoms with van der Waals surface area (Å²) in [6.07, 6.45) is 0.956. The summed E-state index contributed by atoms with van der Waals surface area (Å²) < 4.78 is 6.70. The van der Waals surface area contributed by atoms with Crippen molar-refractivity contribution in [3.63, 3.8) is 0 Å². The Morgan fingerprint density at radius 1 is 1.30 bits per heavy atom.